The zero-order valence-electron chi connectivity index (χ0n) is 14.4. The Balaban J connectivity index is 1.50. The Hall–Kier alpha value is -0.610. The largest absolute Gasteiger partial charge is 0.481 e. The number of aliphatic hydroxyl groups excluding tert-OH is 2. The predicted molar refractivity (Wildman–Crippen MR) is 90.2 cm³/mol. The van der Waals surface area contributed by atoms with Gasteiger partial charge >= 0.3 is 5.97 Å². The van der Waals surface area contributed by atoms with Gasteiger partial charge in [-0.05, 0) is 81.5 Å². The summed E-state index contributed by atoms with van der Waals surface area (Å²) >= 11 is 0. The number of hydrogen-bond acceptors (Lipinski definition) is 3. The lowest BCUT2D eigenvalue weighted by Crippen LogP contribution is -2.11. The zero-order valence-corrected chi connectivity index (χ0v) is 14.4. The Morgan fingerprint density at radius 3 is 1.78 bits per heavy atom. The minimum absolute atomic E-state index is 0.195. The molecular weight excluding hydrogens is 292 g/mol. The van der Waals surface area contributed by atoms with Gasteiger partial charge in [0, 0.05) is 13.0 Å². The fourth-order valence-electron chi connectivity index (χ4n) is 4.00. The van der Waals surface area contributed by atoms with E-state index in [1.807, 2.05) is 0 Å². The molecule has 2 fully saturated rings. The van der Waals surface area contributed by atoms with Crippen LogP contribution in [0.25, 0.3) is 0 Å². The van der Waals surface area contributed by atoms with Gasteiger partial charge in [0.25, 0.3) is 0 Å². The number of aliphatic carboxylic acids is 1. The number of carbonyl (C=O) groups is 1. The van der Waals surface area contributed by atoms with E-state index in [1.165, 1.54) is 32.1 Å². The van der Waals surface area contributed by atoms with Gasteiger partial charge in [0.15, 0.2) is 0 Å². The normalized spacial score (nSPS) is 21.8. The molecule has 4 heteroatoms. The fourth-order valence-corrected chi connectivity index (χ4v) is 4.00. The van der Waals surface area contributed by atoms with Crippen LogP contribution in [-0.2, 0) is 4.79 Å². The summed E-state index contributed by atoms with van der Waals surface area (Å²) in [6.07, 6.45) is 14.1. The smallest absolute Gasteiger partial charge is 0.303 e. The predicted octanol–water partition coefficient (Wildman–Crippen LogP) is 3.89. The van der Waals surface area contributed by atoms with Crippen LogP contribution in [0.3, 0.4) is 0 Å². The molecule has 0 radical (unpaired) electrons. The monoisotopic (exact) mass is 326 g/mol. The average molecular weight is 326 g/mol. The van der Waals surface area contributed by atoms with Crippen LogP contribution in [0.2, 0.25) is 0 Å². The van der Waals surface area contributed by atoms with Crippen LogP contribution in [0.15, 0.2) is 0 Å². The molecule has 0 aromatic carbocycles. The van der Waals surface area contributed by atoms with Crippen molar-refractivity contribution in [1.29, 1.82) is 0 Å². The van der Waals surface area contributed by atoms with Gasteiger partial charge in [-0.15, -0.1) is 0 Å². The van der Waals surface area contributed by atoms with Crippen LogP contribution < -0.4 is 0 Å². The molecule has 2 aliphatic rings. The molecule has 0 amide bonds. The number of carboxylic acid groups (broad SMARTS) is 1. The van der Waals surface area contributed by atoms with E-state index in [2.05, 4.69) is 0 Å². The molecule has 4 nitrogen and oxygen atoms in total. The summed E-state index contributed by atoms with van der Waals surface area (Å²) in [5.74, 6) is -0.688. The number of aliphatic hydroxyl groups is 2. The van der Waals surface area contributed by atoms with Crippen molar-refractivity contribution in [2.45, 2.75) is 96.0 Å². The topological polar surface area (TPSA) is 77.8 Å². The van der Waals surface area contributed by atoms with E-state index in [0.29, 0.717) is 23.9 Å². The second-order valence-corrected chi connectivity index (χ2v) is 8.16. The number of hydrogen-bond donors (Lipinski definition) is 3. The Kier molecular flexibility index (Phi) is 6.90. The summed E-state index contributed by atoms with van der Waals surface area (Å²) in [6.45, 7) is 0.300. The van der Waals surface area contributed by atoms with Crippen LogP contribution in [0, 0.1) is 10.8 Å². The lowest BCUT2D eigenvalue weighted by Gasteiger charge is -2.17. The lowest BCUT2D eigenvalue weighted by atomic mass is 9.90. The maximum absolute atomic E-state index is 10.7. The molecule has 0 saturated heterocycles. The van der Waals surface area contributed by atoms with Crippen molar-refractivity contribution in [3.63, 3.8) is 0 Å². The first kappa shape index (κ1) is 18.7. The highest BCUT2D eigenvalue weighted by Gasteiger charge is 2.42. The first-order chi connectivity index (χ1) is 11.0. The summed E-state index contributed by atoms with van der Waals surface area (Å²) < 4.78 is 0. The highest BCUT2D eigenvalue weighted by Crippen LogP contribution is 2.54. The molecule has 0 aromatic rings. The third-order valence-corrected chi connectivity index (χ3v) is 6.14. The summed E-state index contributed by atoms with van der Waals surface area (Å²) in [4.78, 5) is 10.7. The van der Waals surface area contributed by atoms with Crippen molar-refractivity contribution >= 4 is 5.97 Å². The molecule has 3 N–H and O–H groups in total. The molecule has 134 valence electrons. The highest BCUT2D eigenvalue weighted by atomic mass is 16.4. The van der Waals surface area contributed by atoms with Gasteiger partial charge in [-0.25, -0.2) is 0 Å². The van der Waals surface area contributed by atoms with Crippen molar-refractivity contribution in [2.75, 3.05) is 6.61 Å². The first-order valence-electron chi connectivity index (χ1n) is 9.50. The van der Waals surface area contributed by atoms with Crippen molar-refractivity contribution in [2.24, 2.45) is 10.8 Å². The van der Waals surface area contributed by atoms with Gasteiger partial charge in [-0.2, -0.15) is 0 Å². The van der Waals surface area contributed by atoms with Crippen LogP contribution in [0.5, 0.6) is 0 Å². The van der Waals surface area contributed by atoms with Crippen LogP contribution in [-0.4, -0.2) is 34.0 Å². The number of carboxylic acids is 1. The summed E-state index contributed by atoms with van der Waals surface area (Å²) in [5, 5.41) is 27.9. The second kappa shape index (κ2) is 8.48. The zero-order chi connectivity index (χ0) is 16.8. The summed E-state index contributed by atoms with van der Waals surface area (Å²) in [7, 11) is 0. The molecule has 2 aliphatic carbocycles. The fraction of sp³-hybridized carbons (Fsp3) is 0.947. The van der Waals surface area contributed by atoms with E-state index in [0.717, 1.165) is 51.4 Å². The average Bonchev–Trinajstić information content (AvgIpc) is 3.41. The Labute approximate surface area is 140 Å². The van der Waals surface area contributed by atoms with Gasteiger partial charge in [-0.3, -0.25) is 4.79 Å². The molecule has 0 aromatic heterocycles. The van der Waals surface area contributed by atoms with Gasteiger partial charge in [0.05, 0.1) is 6.10 Å². The molecular formula is C19H34O4. The minimum atomic E-state index is -0.688. The third-order valence-electron chi connectivity index (χ3n) is 6.14. The minimum Gasteiger partial charge on any atom is -0.481 e. The molecule has 1 unspecified atom stereocenters. The SMILES string of the molecule is O=C(O)CCC1(CCCC(O)CCCC2(CCCO)CC2)CC1. The Bertz CT molecular complexity index is 372. The van der Waals surface area contributed by atoms with E-state index in [4.69, 9.17) is 10.2 Å². The molecule has 2 rings (SSSR count). The first-order valence-corrected chi connectivity index (χ1v) is 9.50. The molecule has 0 bridgehead atoms. The maximum atomic E-state index is 10.7. The van der Waals surface area contributed by atoms with E-state index in [-0.39, 0.29) is 6.10 Å². The van der Waals surface area contributed by atoms with Crippen LogP contribution in [0.1, 0.15) is 89.9 Å². The van der Waals surface area contributed by atoms with E-state index in [9.17, 15) is 9.90 Å². The van der Waals surface area contributed by atoms with Gasteiger partial charge in [-0.1, -0.05) is 12.8 Å². The lowest BCUT2D eigenvalue weighted by molar-refractivity contribution is -0.137. The van der Waals surface area contributed by atoms with E-state index in [1.54, 1.807) is 0 Å². The summed E-state index contributed by atoms with van der Waals surface area (Å²) in [5.41, 5.74) is 0.790. The summed E-state index contributed by atoms with van der Waals surface area (Å²) in [6, 6.07) is 0. The van der Waals surface area contributed by atoms with Crippen molar-refractivity contribution in [3.8, 4) is 0 Å². The quantitative estimate of drug-likeness (QED) is 0.452. The number of rotatable bonds is 14. The molecule has 0 spiro atoms. The molecule has 23 heavy (non-hydrogen) atoms. The van der Waals surface area contributed by atoms with Crippen molar-refractivity contribution in [1.82, 2.24) is 0 Å². The molecule has 2 saturated carbocycles. The van der Waals surface area contributed by atoms with Gasteiger partial charge in [0.2, 0.25) is 0 Å². The van der Waals surface area contributed by atoms with E-state index < -0.39 is 5.97 Å². The maximum Gasteiger partial charge on any atom is 0.303 e. The Morgan fingerprint density at radius 1 is 0.870 bits per heavy atom. The third kappa shape index (κ3) is 6.80. The van der Waals surface area contributed by atoms with Crippen LogP contribution in [0.4, 0.5) is 0 Å². The van der Waals surface area contributed by atoms with Gasteiger partial charge < -0.3 is 15.3 Å². The molecule has 1 atom stereocenters. The Morgan fingerprint density at radius 2 is 1.35 bits per heavy atom. The van der Waals surface area contributed by atoms with Crippen molar-refractivity contribution < 1.29 is 20.1 Å². The standard InChI is InChI=1S/C19H34O4/c20-15-3-9-18(11-12-18)7-1-4-16(21)5-2-8-19(13-14-19)10-6-17(22)23/h16,20-21H,1-15H2,(H,22,23). The molecule has 0 aliphatic heterocycles. The second-order valence-electron chi connectivity index (χ2n) is 8.16. The highest BCUT2D eigenvalue weighted by molar-refractivity contribution is 5.66. The molecule has 0 heterocycles. The van der Waals surface area contributed by atoms with Crippen molar-refractivity contribution in [3.05, 3.63) is 0 Å². The van der Waals surface area contributed by atoms with Gasteiger partial charge in [0.1, 0.15) is 0 Å². The van der Waals surface area contributed by atoms with Crippen LogP contribution >= 0.6 is 0 Å². The van der Waals surface area contributed by atoms with E-state index >= 15 is 0 Å².